The summed E-state index contributed by atoms with van der Waals surface area (Å²) in [5.74, 6) is -3.92. The summed E-state index contributed by atoms with van der Waals surface area (Å²) in [5.41, 5.74) is 0.393. The maximum atomic E-state index is 12.8. The Morgan fingerprint density at radius 1 is 0.825 bits per heavy atom. The van der Waals surface area contributed by atoms with E-state index >= 15 is 0 Å². The highest BCUT2D eigenvalue weighted by molar-refractivity contribution is 6.07. The molecule has 234 valence electrons. The van der Waals surface area contributed by atoms with Crippen molar-refractivity contribution in [2.45, 2.75) is 143 Å². The minimum Gasteiger partial charge on any atom is -0.479 e. The summed E-state index contributed by atoms with van der Waals surface area (Å²) in [4.78, 5) is 36.0. The number of aliphatic hydroxyl groups excluding tert-OH is 4. The van der Waals surface area contributed by atoms with Crippen molar-refractivity contribution in [2.75, 3.05) is 6.61 Å². The van der Waals surface area contributed by atoms with Gasteiger partial charge < -0.3 is 30.3 Å². The summed E-state index contributed by atoms with van der Waals surface area (Å²) < 4.78 is 4.92. The molecule has 0 saturated heterocycles. The second-order valence-electron chi connectivity index (χ2n) is 11.5. The van der Waals surface area contributed by atoms with Crippen molar-refractivity contribution >= 4 is 17.7 Å². The molecule has 0 rings (SSSR count). The van der Waals surface area contributed by atoms with Crippen LogP contribution >= 0.6 is 0 Å². The zero-order chi connectivity index (χ0) is 30.7. The van der Waals surface area contributed by atoms with Crippen molar-refractivity contribution in [1.82, 2.24) is 0 Å². The molecule has 0 aliphatic rings. The van der Waals surface area contributed by atoms with Gasteiger partial charge in [0.1, 0.15) is 12.0 Å². The van der Waals surface area contributed by atoms with E-state index in [0.717, 1.165) is 44.9 Å². The third-order valence-corrected chi connectivity index (χ3v) is 7.47. The van der Waals surface area contributed by atoms with Gasteiger partial charge in [-0.05, 0) is 50.5 Å². The number of esters is 1. The summed E-state index contributed by atoms with van der Waals surface area (Å²) in [6.45, 7) is 8.44. The smallest absolute Gasteiger partial charge is 0.335 e. The zero-order valence-corrected chi connectivity index (χ0v) is 25.4. The Bertz CT molecular complexity index is 751. The van der Waals surface area contributed by atoms with E-state index in [1.54, 1.807) is 6.92 Å². The van der Waals surface area contributed by atoms with Gasteiger partial charge in [-0.3, -0.25) is 9.59 Å². The third kappa shape index (κ3) is 16.5. The lowest BCUT2D eigenvalue weighted by molar-refractivity contribution is -0.176. The fraction of sp³-hybridized carbons (Fsp3) is 0.839. The minimum absolute atomic E-state index is 0.0998. The van der Waals surface area contributed by atoms with E-state index in [4.69, 9.17) is 9.84 Å². The average Bonchev–Trinajstić information content (AvgIpc) is 2.91. The molecule has 9 nitrogen and oxygen atoms in total. The molecule has 9 heteroatoms. The Morgan fingerprint density at radius 3 is 1.90 bits per heavy atom. The van der Waals surface area contributed by atoms with Crippen LogP contribution in [-0.2, 0) is 19.1 Å². The molecular formula is C31H56O9. The molecule has 0 aliphatic carbocycles. The third-order valence-electron chi connectivity index (χ3n) is 7.47. The van der Waals surface area contributed by atoms with Crippen LogP contribution in [0.3, 0.4) is 0 Å². The number of hydrogen-bond donors (Lipinski definition) is 5. The number of aliphatic hydroxyl groups is 4. The van der Waals surface area contributed by atoms with E-state index in [0.29, 0.717) is 11.5 Å². The first-order chi connectivity index (χ1) is 18.8. The number of carboxylic acids is 1. The van der Waals surface area contributed by atoms with Gasteiger partial charge in [0.2, 0.25) is 0 Å². The Morgan fingerprint density at radius 2 is 1.35 bits per heavy atom. The number of hydrogen-bond acceptors (Lipinski definition) is 8. The largest absolute Gasteiger partial charge is 0.479 e. The van der Waals surface area contributed by atoms with Crippen LogP contribution in [0.5, 0.6) is 0 Å². The van der Waals surface area contributed by atoms with Gasteiger partial charge in [0.05, 0.1) is 12.7 Å². The molecule has 0 aliphatic heterocycles. The number of allylic oxidation sites excluding steroid dienone is 2. The first kappa shape index (κ1) is 38.2. The van der Waals surface area contributed by atoms with Gasteiger partial charge in [-0.1, -0.05) is 91.1 Å². The van der Waals surface area contributed by atoms with Gasteiger partial charge in [-0.2, -0.15) is 0 Å². The molecule has 7 atom stereocenters. The van der Waals surface area contributed by atoms with Crippen molar-refractivity contribution in [3.05, 3.63) is 11.6 Å². The molecule has 0 spiro atoms. The van der Waals surface area contributed by atoms with Crippen LogP contribution in [0.4, 0.5) is 0 Å². The van der Waals surface area contributed by atoms with Gasteiger partial charge in [0, 0.05) is 0 Å². The van der Waals surface area contributed by atoms with Crippen LogP contribution in [0.1, 0.15) is 118 Å². The summed E-state index contributed by atoms with van der Waals surface area (Å²) in [7, 11) is 0. The Hall–Kier alpha value is -1.81. The number of unbranched alkanes of at least 4 members (excludes halogenated alkanes) is 7. The molecule has 0 saturated carbocycles. The fourth-order valence-corrected chi connectivity index (χ4v) is 4.95. The lowest BCUT2D eigenvalue weighted by Gasteiger charge is -2.24. The maximum Gasteiger partial charge on any atom is 0.335 e. The number of ketones is 1. The molecule has 40 heavy (non-hydrogen) atoms. The fourth-order valence-electron chi connectivity index (χ4n) is 4.95. The molecule has 0 bridgehead atoms. The van der Waals surface area contributed by atoms with Crippen molar-refractivity contribution in [3.8, 4) is 0 Å². The number of carboxylic acid groups (broad SMARTS) is 1. The van der Waals surface area contributed by atoms with Crippen molar-refractivity contribution in [1.29, 1.82) is 0 Å². The second kappa shape index (κ2) is 21.9. The van der Waals surface area contributed by atoms with Gasteiger partial charge in [0.15, 0.2) is 18.0 Å². The molecule has 0 aromatic heterocycles. The van der Waals surface area contributed by atoms with Gasteiger partial charge in [-0.15, -0.1) is 0 Å². The first-order valence-electron chi connectivity index (χ1n) is 15.2. The van der Waals surface area contributed by atoms with Crippen molar-refractivity contribution in [3.63, 3.8) is 0 Å². The monoisotopic (exact) mass is 572 g/mol. The van der Waals surface area contributed by atoms with Crippen LogP contribution in [0.2, 0.25) is 0 Å². The van der Waals surface area contributed by atoms with Gasteiger partial charge in [0.25, 0.3) is 0 Å². The van der Waals surface area contributed by atoms with E-state index in [-0.39, 0.29) is 12.0 Å². The molecule has 0 aromatic carbocycles. The predicted molar refractivity (Wildman–Crippen MR) is 155 cm³/mol. The van der Waals surface area contributed by atoms with E-state index in [1.807, 2.05) is 13.0 Å². The molecule has 0 aromatic rings. The van der Waals surface area contributed by atoms with E-state index in [9.17, 15) is 34.8 Å². The molecular weight excluding hydrogens is 516 g/mol. The van der Waals surface area contributed by atoms with E-state index < -0.39 is 48.6 Å². The highest BCUT2D eigenvalue weighted by Crippen LogP contribution is 2.22. The topological polar surface area (TPSA) is 162 Å². The van der Waals surface area contributed by atoms with Crippen LogP contribution in [-0.4, -0.2) is 74.3 Å². The number of ether oxygens (including phenoxy) is 1. The second-order valence-corrected chi connectivity index (χ2v) is 11.5. The van der Waals surface area contributed by atoms with E-state index in [2.05, 4.69) is 13.8 Å². The number of Topliss-reactive ketones (excluding diaryl/α,β-unsaturated/α-hetero) is 1. The lowest BCUT2D eigenvalue weighted by Crippen LogP contribution is -2.46. The van der Waals surface area contributed by atoms with Crippen LogP contribution < -0.4 is 0 Å². The Kier molecular flexibility index (Phi) is 20.9. The normalized spacial score (nSPS) is 17.4. The quantitative estimate of drug-likeness (QED) is 0.0483. The summed E-state index contributed by atoms with van der Waals surface area (Å²) in [6, 6.07) is 0. The summed E-state index contributed by atoms with van der Waals surface area (Å²) in [6.07, 6.45) is 10.0. The standard InChI is InChI=1S/C31H56O9/c1-6-7-8-9-10-11-12-16-25(33)17-14-13-15-21(2)18-22(3)19-23(4)27(34)24(5)31(39)40-26(20-32)28(35)29(36)30(37)38/h19,21-22,24-26,28-29,32-33,35-36H,6-18,20H2,1-5H3,(H,37,38). The Labute approximate surface area is 241 Å². The molecule has 0 heterocycles. The van der Waals surface area contributed by atoms with Crippen molar-refractivity contribution in [2.24, 2.45) is 17.8 Å². The number of rotatable bonds is 24. The molecule has 7 unspecified atom stereocenters. The Balaban J connectivity index is 4.44. The average molecular weight is 573 g/mol. The highest BCUT2D eigenvalue weighted by Gasteiger charge is 2.35. The number of carbonyl (C=O) groups is 3. The van der Waals surface area contributed by atoms with Gasteiger partial charge >= 0.3 is 11.9 Å². The minimum atomic E-state index is -2.25. The van der Waals surface area contributed by atoms with Crippen LogP contribution in [0, 0.1) is 17.8 Å². The molecule has 0 amide bonds. The number of aliphatic carboxylic acids is 1. The van der Waals surface area contributed by atoms with Crippen LogP contribution in [0.25, 0.3) is 0 Å². The maximum absolute atomic E-state index is 12.8. The van der Waals surface area contributed by atoms with Crippen molar-refractivity contribution < 1.29 is 44.7 Å². The molecule has 5 N–H and O–H groups in total. The van der Waals surface area contributed by atoms with Gasteiger partial charge in [-0.25, -0.2) is 4.79 Å². The molecule has 0 fully saturated rings. The highest BCUT2D eigenvalue weighted by atomic mass is 16.6. The lowest BCUT2D eigenvalue weighted by atomic mass is 9.89. The van der Waals surface area contributed by atoms with E-state index in [1.165, 1.54) is 45.4 Å². The predicted octanol–water partition coefficient (Wildman–Crippen LogP) is 4.57. The SMILES string of the molecule is CCCCCCCCCC(O)CCCCC(C)CC(C)C=C(C)C(=O)C(C)C(=O)OC(CO)C(O)C(O)C(=O)O. The number of carbonyl (C=O) groups excluding carboxylic acids is 2. The zero-order valence-electron chi connectivity index (χ0n) is 25.4. The summed E-state index contributed by atoms with van der Waals surface area (Å²) in [5, 5.41) is 47.6. The first-order valence-corrected chi connectivity index (χ1v) is 15.2. The molecule has 0 radical (unpaired) electrons. The van der Waals surface area contributed by atoms with Crippen LogP contribution in [0.15, 0.2) is 11.6 Å². The summed E-state index contributed by atoms with van der Waals surface area (Å²) >= 11 is 0.